The standard InChI is InChI=1S/C20H24N6O2.CHF3/c1-13(2)11-22-19(27)15-6-7-16-18(23-15)26(14-8-10-25(16)12-14)20(28)24-17-5-3-4-9-21-17;2-1(3)4/h3-7,9,13-14H,8,10-12H2,1-2H3,(H,22,27)(H,21,24,28);1H. The largest absolute Gasteiger partial charge is 0.379 e. The van der Waals surface area contributed by atoms with Crippen molar-refractivity contribution in [2.45, 2.75) is 33.0 Å². The van der Waals surface area contributed by atoms with Crippen LogP contribution in [-0.4, -0.2) is 54.3 Å². The van der Waals surface area contributed by atoms with E-state index in [4.69, 9.17) is 0 Å². The van der Waals surface area contributed by atoms with Gasteiger partial charge in [0, 0.05) is 25.8 Å². The molecule has 0 aliphatic carbocycles. The molecule has 4 rings (SSSR count). The zero-order valence-electron chi connectivity index (χ0n) is 17.8. The highest BCUT2D eigenvalue weighted by Gasteiger charge is 2.40. The van der Waals surface area contributed by atoms with Gasteiger partial charge in [-0.1, -0.05) is 19.9 Å². The number of aromatic nitrogens is 2. The second kappa shape index (κ2) is 10.3. The molecule has 3 amide bonds. The first kappa shape index (κ1) is 23.3. The Hall–Kier alpha value is -3.37. The molecule has 2 aromatic rings. The first-order chi connectivity index (χ1) is 15.3. The van der Waals surface area contributed by atoms with E-state index >= 15 is 0 Å². The summed E-state index contributed by atoms with van der Waals surface area (Å²) in [7, 11) is 0. The molecular formula is C21H25F3N6O2. The van der Waals surface area contributed by atoms with Gasteiger partial charge < -0.3 is 10.2 Å². The average molecular weight is 450 g/mol. The minimum absolute atomic E-state index is 0.0256. The van der Waals surface area contributed by atoms with Crippen molar-refractivity contribution < 1.29 is 22.8 Å². The first-order valence-corrected chi connectivity index (χ1v) is 10.2. The summed E-state index contributed by atoms with van der Waals surface area (Å²) in [6.45, 7) is 2.62. The van der Waals surface area contributed by atoms with Gasteiger partial charge in [0.05, 0.1) is 11.7 Å². The van der Waals surface area contributed by atoms with Crippen LogP contribution in [0.15, 0.2) is 36.5 Å². The van der Waals surface area contributed by atoms with Crippen molar-refractivity contribution in [1.29, 1.82) is 0 Å². The van der Waals surface area contributed by atoms with E-state index in [9.17, 15) is 22.8 Å². The number of pyridine rings is 2. The van der Waals surface area contributed by atoms with Gasteiger partial charge in [0.2, 0.25) is 0 Å². The van der Waals surface area contributed by atoms with E-state index in [0.29, 0.717) is 29.8 Å². The SMILES string of the molecule is CC(C)CNC(=O)c1ccc2c(n1)N(C(=O)Nc1ccccn1)C1CCN2C1.FC(F)F. The van der Waals surface area contributed by atoms with Crippen LogP contribution in [0.25, 0.3) is 0 Å². The lowest BCUT2D eigenvalue weighted by Gasteiger charge is -2.35. The number of carbonyl (C=O) groups is 2. The highest BCUT2D eigenvalue weighted by molar-refractivity contribution is 6.05. The summed E-state index contributed by atoms with van der Waals surface area (Å²) in [6, 6.07) is 8.71. The molecule has 2 aromatic heterocycles. The van der Waals surface area contributed by atoms with E-state index in [1.807, 2.05) is 26.0 Å². The number of rotatable bonds is 4. The molecule has 0 aromatic carbocycles. The summed E-state index contributed by atoms with van der Waals surface area (Å²) >= 11 is 0. The number of nitrogens with zero attached hydrogens (tertiary/aromatic N) is 4. The van der Waals surface area contributed by atoms with Crippen LogP contribution in [0.4, 0.5) is 35.3 Å². The molecule has 2 bridgehead atoms. The third-order valence-electron chi connectivity index (χ3n) is 4.97. The lowest BCUT2D eigenvalue weighted by atomic mass is 10.1. The molecule has 1 saturated heterocycles. The molecule has 2 N–H and O–H groups in total. The molecule has 1 unspecified atom stereocenters. The Morgan fingerprint density at radius 3 is 2.59 bits per heavy atom. The Labute approximate surface area is 183 Å². The minimum atomic E-state index is -3.67. The average Bonchev–Trinajstić information content (AvgIpc) is 3.16. The molecule has 11 heteroatoms. The van der Waals surface area contributed by atoms with Gasteiger partial charge in [-0.2, -0.15) is 13.2 Å². The zero-order valence-corrected chi connectivity index (χ0v) is 17.8. The van der Waals surface area contributed by atoms with Gasteiger partial charge in [-0.25, -0.2) is 14.8 Å². The summed E-state index contributed by atoms with van der Waals surface area (Å²) < 4.78 is 29.0. The lowest BCUT2D eigenvalue weighted by molar-refractivity contribution is 0.00818. The number of urea groups is 1. The Bertz CT molecular complexity index is 942. The summed E-state index contributed by atoms with van der Waals surface area (Å²) in [6.07, 6.45) is 2.49. The predicted molar refractivity (Wildman–Crippen MR) is 115 cm³/mol. The number of alkyl halides is 3. The third-order valence-corrected chi connectivity index (χ3v) is 4.97. The fourth-order valence-corrected chi connectivity index (χ4v) is 3.59. The van der Waals surface area contributed by atoms with E-state index in [0.717, 1.165) is 25.2 Å². The number of fused-ring (bicyclic) bond motifs is 4. The van der Waals surface area contributed by atoms with Gasteiger partial charge >= 0.3 is 12.7 Å². The second-order valence-corrected chi connectivity index (χ2v) is 7.79. The van der Waals surface area contributed by atoms with Crippen molar-refractivity contribution in [2.24, 2.45) is 5.92 Å². The van der Waals surface area contributed by atoms with E-state index in [-0.39, 0.29) is 18.0 Å². The zero-order chi connectivity index (χ0) is 23.3. The Morgan fingerprint density at radius 2 is 1.94 bits per heavy atom. The van der Waals surface area contributed by atoms with E-state index in [1.54, 1.807) is 29.3 Å². The van der Waals surface area contributed by atoms with Crippen LogP contribution in [-0.2, 0) is 0 Å². The van der Waals surface area contributed by atoms with Crippen LogP contribution in [0.2, 0.25) is 0 Å². The third kappa shape index (κ3) is 5.65. The molecule has 8 nitrogen and oxygen atoms in total. The number of amides is 3. The van der Waals surface area contributed by atoms with E-state index in [2.05, 4.69) is 25.5 Å². The highest BCUT2D eigenvalue weighted by atomic mass is 19.4. The van der Waals surface area contributed by atoms with Crippen LogP contribution in [0, 0.1) is 5.92 Å². The van der Waals surface area contributed by atoms with E-state index < -0.39 is 6.68 Å². The molecule has 4 heterocycles. The maximum absolute atomic E-state index is 13.0. The number of hydrogen-bond acceptors (Lipinski definition) is 5. The second-order valence-electron chi connectivity index (χ2n) is 7.79. The van der Waals surface area contributed by atoms with Crippen molar-refractivity contribution in [1.82, 2.24) is 15.3 Å². The van der Waals surface area contributed by atoms with E-state index in [1.165, 1.54) is 0 Å². The summed E-state index contributed by atoms with van der Waals surface area (Å²) in [4.78, 5) is 38.1. The topological polar surface area (TPSA) is 90.5 Å². The predicted octanol–water partition coefficient (Wildman–Crippen LogP) is 3.67. The maximum atomic E-state index is 13.0. The van der Waals surface area contributed by atoms with Gasteiger partial charge in [0.1, 0.15) is 11.5 Å². The molecular weight excluding hydrogens is 425 g/mol. The smallest absolute Gasteiger partial charge is 0.366 e. The molecule has 0 spiro atoms. The number of nitrogens with one attached hydrogen (secondary N) is 2. The fraction of sp³-hybridized carbons (Fsp3) is 0.429. The number of hydrogen-bond donors (Lipinski definition) is 2. The Kier molecular flexibility index (Phi) is 7.49. The van der Waals surface area contributed by atoms with Crippen molar-refractivity contribution in [3.05, 3.63) is 42.2 Å². The van der Waals surface area contributed by atoms with Gasteiger partial charge in [0.15, 0.2) is 5.82 Å². The Morgan fingerprint density at radius 1 is 1.19 bits per heavy atom. The van der Waals surface area contributed by atoms with Crippen molar-refractivity contribution in [2.75, 3.05) is 34.8 Å². The van der Waals surface area contributed by atoms with Crippen LogP contribution < -0.4 is 20.4 Å². The highest BCUT2D eigenvalue weighted by Crippen LogP contribution is 2.39. The fourth-order valence-electron chi connectivity index (χ4n) is 3.59. The van der Waals surface area contributed by atoms with Gasteiger partial charge in [-0.3, -0.25) is 15.0 Å². The first-order valence-electron chi connectivity index (χ1n) is 10.2. The van der Waals surface area contributed by atoms with Crippen molar-refractivity contribution in [3.8, 4) is 0 Å². The number of carbonyl (C=O) groups excluding carboxylic acids is 2. The lowest BCUT2D eigenvalue weighted by Crippen LogP contribution is -2.48. The van der Waals surface area contributed by atoms with Crippen LogP contribution >= 0.6 is 0 Å². The number of anilines is 3. The minimum Gasteiger partial charge on any atom is -0.366 e. The summed E-state index contributed by atoms with van der Waals surface area (Å²) in [5, 5.41) is 5.72. The van der Waals surface area contributed by atoms with Crippen molar-refractivity contribution in [3.63, 3.8) is 0 Å². The summed E-state index contributed by atoms with van der Waals surface area (Å²) in [5.74, 6) is 1.14. The van der Waals surface area contributed by atoms with Crippen LogP contribution in [0.1, 0.15) is 30.8 Å². The van der Waals surface area contributed by atoms with Gasteiger partial charge in [-0.05, 0) is 36.6 Å². The van der Waals surface area contributed by atoms with Gasteiger partial charge in [-0.15, -0.1) is 0 Å². The molecule has 2 aliphatic rings. The normalized spacial score (nSPS) is 16.4. The molecule has 0 saturated carbocycles. The van der Waals surface area contributed by atoms with Crippen molar-refractivity contribution >= 4 is 29.3 Å². The molecule has 1 fully saturated rings. The van der Waals surface area contributed by atoms with Crippen LogP contribution in [0.3, 0.4) is 0 Å². The van der Waals surface area contributed by atoms with Gasteiger partial charge in [0.25, 0.3) is 5.91 Å². The molecule has 32 heavy (non-hydrogen) atoms. The molecule has 172 valence electrons. The monoisotopic (exact) mass is 450 g/mol. The number of halogens is 3. The molecule has 1 atom stereocenters. The maximum Gasteiger partial charge on any atom is 0.379 e. The van der Waals surface area contributed by atoms with Crippen LogP contribution in [0.5, 0.6) is 0 Å². The molecule has 2 aliphatic heterocycles. The summed E-state index contributed by atoms with van der Waals surface area (Å²) in [5.41, 5.74) is 1.20. The quantitative estimate of drug-likeness (QED) is 0.742. The Balaban J connectivity index is 0.000000668. The molecule has 0 radical (unpaired) electrons.